The van der Waals surface area contributed by atoms with Gasteiger partial charge in [0.2, 0.25) is 11.8 Å². The van der Waals surface area contributed by atoms with Crippen LogP contribution in [0.25, 0.3) is 0 Å². The first kappa shape index (κ1) is 18.2. The van der Waals surface area contributed by atoms with E-state index in [1.165, 1.54) is 0 Å². The highest BCUT2D eigenvalue weighted by Crippen LogP contribution is 2.03. The van der Waals surface area contributed by atoms with E-state index in [0.29, 0.717) is 25.9 Å². The van der Waals surface area contributed by atoms with Gasteiger partial charge in [-0.25, -0.2) is 0 Å². The van der Waals surface area contributed by atoms with Crippen LogP contribution in [-0.4, -0.2) is 48.9 Å². The van der Waals surface area contributed by atoms with Crippen LogP contribution >= 0.6 is 12.4 Å². The second-order valence-corrected chi connectivity index (χ2v) is 4.66. The predicted octanol–water partition coefficient (Wildman–Crippen LogP) is 0.925. The number of carbonyl (C=O) groups is 2. The minimum absolute atomic E-state index is 0. The number of nitrogens with zero attached hydrogens (tertiary/aromatic N) is 1. The van der Waals surface area contributed by atoms with Crippen LogP contribution in [0.3, 0.4) is 0 Å². The molecule has 5 nitrogen and oxygen atoms in total. The molecular weight excluding hydrogens is 266 g/mol. The molecule has 0 atom stereocenters. The van der Waals surface area contributed by atoms with E-state index in [9.17, 15) is 9.59 Å². The third-order valence-electron chi connectivity index (χ3n) is 3.39. The summed E-state index contributed by atoms with van der Waals surface area (Å²) in [7, 11) is 0. The monoisotopic (exact) mass is 291 g/mol. The lowest BCUT2D eigenvalue weighted by molar-refractivity contribution is -0.133. The summed E-state index contributed by atoms with van der Waals surface area (Å²) in [4.78, 5) is 25.2. The number of carbonyl (C=O) groups excluding carboxylic acids is 2. The van der Waals surface area contributed by atoms with E-state index in [-0.39, 0.29) is 30.3 Å². The van der Waals surface area contributed by atoms with Crippen molar-refractivity contribution in [3.8, 4) is 0 Å². The Morgan fingerprint density at radius 3 is 2.26 bits per heavy atom. The number of rotatable bonds is 6. The number of hydrogen-bond acceptors (Lipinski definition) is 3. The zero-order valence-electron chi connectivity index (χ0n) is 11.9. The van der Waals surface area contributed by atoms with E-state index >= 15 is 0 Å². The molecule has 0 aliphatic carbocycles. The molecule has 2 amide bonds. The highest BCUT2D eigenvalue weighted by Gasteiger charge is 2.17. The van der Waals surface area contributed by atoms with Gasteiger partial charge in [-0.3, -0.25) is 9.59 Å². The Morgan fingerprint density at radius 1 is 1.16 bits per heavy atom. The van der Waals surface area contributed by atoms with Gasteiger partial charge >= 0.3 is 0 Å². The summed E-state index contributed by atoms with van der Waals surface area (Å²) < 4.78 is 0. The fourth-order valence-electron chi connectivity index (χ4n) is 2.22. The molecule has 0 spiro atoms. The maximum atomic E-state index is 11.7. The van der Waals surface area contributed by atoms with Gasteiger partial charge in [-0.1, -0.05) is 0 Å². The number of amides is 2. The average molecular weight is 292 g/mol. The standard InChI is InChI=1S/C13H25N3O2.ClH/c1-3-16(4-2)13(18)6-5-12(17)15-11-7-9-14-10-8-11;/h11,14H,3-10H2,1-2H3,(H,15,17);1H. The summed E-state index contributed by atoms with van der Waals surface area (Å²) in [6, 6.07) is 0.280. The quantitative estimate of drug-likeness (QED) is 0.765. The molecule has 2 N–H and O–H groups in total. The van der Waals surface area contributed by atoms with Gasteiger partial charge in [-0.2, -0.15) is 0 Å². The molecule has 0 unspecified atom stereocenters. The fraction of sp³-hybridized carbons (Fsp3) is 0.846. The van der Waals surface area contributed by atoms with Crippen molar-refractivity contribution in [2.75, 3.05) is 26.2 Å². The van der Waals surface area contributed by atoms with Crippen molar-refractivity contribution >= 4 is 24.2 Å². The lowest BCUT2D eigenvalue weighted by atomic mass is 10.1. The SMILES string of the molecule is CCN(CC)C(=O)CCC(=O)NC1CCNCC1.Cl. The Bertz CT molecular complexity index is 277. The van der Waals surface area contributed by atoms with E-state index < -0.39 is 0 Å². The van der Waals surface area contributed by atoms with E-state index in [0.717, 1.165) is 25.9 Å². The lowest BCUT2D eigenvalue weighted by Gasteiger charge is -2.24. The van der Waals surface area contributed by atoms with Gasteiger partial charge in [0.15, 0.2) is 0 Å². The first-order valence-corrected chi connectivity index (χ1v) is 6.95. The summed E-state index contributed by atoms with van der Waals surface area (Å²) in [6.45, 7) is 7.26. The van der Waals surface area contributed by atoms with Crippen LogP contribution in [0.15, 0.2) is 0 Å². The van der Waals surface area contributed by atoms with Crippen LogP contribution < -0.4 is 10.6 Å². The molecule has 1 fully saturated rings. The van der Waals surface area contributed by atoms with Crippen LogP contribution in [0.2, 0.25) is 0 Å². The molecule has 112 valence electrons. The molecule has 1 aliphatic heterocycles. The van der Waals surface area contributed by atoms with Crippen molar-refractivity contribution < 1.29 is 9.59 Å². The summed E-state index contributed by atoms with van der Waals surface area (Å²) in [5.74, 6) is 0.0721. The average Bonchev–Trinajstić information content (AvgIpc) is 2.39. The molecule has 1 heterocycles. The molecule has 6 heteroatoms. The van der Waals surface area contributed by atoms with Crippen molar-refractivity contribution in [3.05, 3.63) is 0 Å². The molecule has 0 bridgehead atoms. The van der Waals surface area contributed by atoms with E-state index in [4.69, 9.17) is 0 Å². The number of nitrogens with one attached hydrogen (secondary N) is 2. The van der Waals surface area contributed by atoms with Gasteiger partial charge in [-0.05, 0) is 39.8 Å². The van der Waals surface area contributed by atoms with Crippen LogP contribution in [0, 0.1) is 0 Å². The van der Waals surface area contributed by atoms with Gasteiger partial charge in [0.05, 0.1) is 0 Å². The number of halogens is 1. The minimum atomic E-state index is 0. The minimum Gasteiger partial charge on any atom is -0.353 e. The maximum Gasteiger partial charge on any atom is 0.223 e. The van der Waals surface area contributed by atoms with Gasteiger partial charge in [0.1, 0.15) is 0 Å². The van der Waals surface area contributed by atoms with E-state index in [1.807, 2.05) is 13.8 Å². The summed E-state index contributed by atoms with van der Waals surface area (Å²) >= 11 is 0. The summed E-state index contributed by atoms with van der Waals surface area (Å²) in [6.07, 6.45) is 2.59. The Morgan fingerprint density at radius 2 is 1.74 bits per heavy atom. The second-order valence-electron chi connectivity index (χ2n) is 4.66. The second kappa shape index (κ2) is 10.0. The van der Waals surface area contributed by atoms with Gasteiger partial charge in [0.25, 0.3) is 0 Å². The van der Waals surface area contributed by atoms with Gasteiger partial charge in [0, 0.05) is 32.0 Å². The number of piperidine rings is 1. The molecule has 0 aromatic rings. The Hall–Kier alpha value is -0.810. The van der Waals surface area contributed by atoms with Crippen molar-refractivity contribution in [3.63, 3.8) is 0 Å². The van der Waals surface area contributed by atoms with E-state index in [1.54, 1.807) is 4.90 Å². The molecule has 0 aromatic heterocycles. The van der Waals surface area contributed by atoms with Crippen LogP contribution in [0.4, 0.5) is 0 Å². The summed E-state index contributed by atoms with van der Waals surface area (Å²) in [5.41, 5.74) is 0. The van der Waals surface area contributed by atoms with Crippen LogP contribution in [-0.2, 0) is 9.59 Å². The van der Waals surface area contributed by atoms with Crippen molar-refractivity contribution in [1.29, 1.82) is 0 Å². The third kappa shape index (κ3) is 6.78. The molecule has 0 aromatic carbocycles. The third-order valence-corrected chi connectivity index (χ3v) is 3.39. The smallest absolute Gasteiger partial charge is 0.223 e. The molecule has 1 rings (SSSR count). The molecular formula is C13H26ClN3O2. The Kier molecular flexibility index (Phi) is 9.61. The molecule has 19 heavy (non-hydrogen) atoms. The highest BCUT2D eigenvalue weighted by molar-refractivity contribution is 5.85. The maximum absolute atomic E-state index is 11.7. The van der Waals surface area contributed by atoms with Gasteiger partial charge in [-0.15, -0.1) is 12.4 Å². The fourth-order valence-corrected chi connectivity index (χ4v) is 2.22. The topological polar surface area (TPSA) is 61.4 Å². The molecule has 0 radical (unpaired) electrons. The first-order valence-electron chi connectivity index (χ1n) is 6.95. The van der Waals surface area contributed by atoms with Crippen LogP contribution in [0.1, 0.15) is 39.5 Å². The molecule has 0 saturated carbocycles. The van der Waals surface area contributed by atoms with Gasteiger partial charge < -0.3 is 15.5 Å². The Balaban J connectivity index is 0.00000324. The number of hydrogen-bond donors (Lipinski definition) is 2. The largest absolute Gasteiger partial charge is 0.353 e. The molecule has 1 saturated heterocycles. The lowest BCUT2D eigenvalue weighted by Crippen LogP contribution is -2.43. The van der Waals surface area contributed by atoms with Crippen molar-refractivity contribution in [2.24, 2.45) is 0 Å². The predicted molar refractivity (Wildman–Crippen MR) is 78.4 cm³/mol. The zero-order chi connectivity index (χ0) is 13.4. The zero-order valence-corrected chi connectivity index (χ0v) is 12.7. The van der Waals surface area contributed by atoms with Crippen molar-refractivity contribution in [1.82, 2.24) is 15.5 Å². The van der Waals surface area contributed by atoms with Crippen molar-refractivity contribution in [2.45, 2.75) is 45.6 Å². The van der Waals surface area contributed by atoms with E-state index in [2.05, 4.69) is 10.6 Å². The normalized spacial score (nSPS) is 15.5. The highest BCUT2D eigenvalue weighted by atomic mass is 35.5. The van der Waals surface area contributed by atoms with Crippen LogP contribution in [0.5, 0.6) is 0 Å². The summed E-state index contributed by atoms with van der Waals surface area (Å²) in [5, 5.41) is 6.26. The first-order chi connectivity index (χ1) is 8.67. The molecule has 1 aliphatic rings. The Labute approximate surface area is 121 Å².